The van der Waals surface area contributed by atoms with Crippen LogP contribution in [0, 0.1) is 0 Å². The molecule has 0 amide bonds. The number of thioether (sulfide) groups is 1. The predicted octanol–water partition coefficient (Wildman–Crippen LogP) is 7.02. The van der Waals surface area contributed by atoms with E-state index in [0.29, 0.717) is 39.8 Å². The molecule has 0 spiro atoms. The van der Waals surface area contributed by atoms with E-state index in [-0.39, 0.29) is 12.6 Å². The molecule has 2 heterocycles. The Labute approximate surface area is 228 Å². The number of benzene rings is 2. The quantitative estimate of drug-likeness (QED) is 0.154. The first-order valence-electron chi connectivity index (χ1n) is 11.8. The predicted molar refractivity (Wildman–Crippen MR) is 147 cm³/mol. The second-order valence-corrected chi connectivity index (χ2v) is 10.8. The average Bonchev–Trinajstić information content (AvgIpc) is 3.25. The number of carbonyl (C=O) groups excluding carboxylic acids is 1. The number of esters is 1. The molecule has 1 N–H and O–H groups in total. The molecule has 0 bridgehead atoms. The molecule has 36 heavy (non-hydrogen) atoms. The molecule has 0 saturated carbocycles. The number of rotatable bonds is 10. The third kappa shape index (κ3) is 5.90. The number of ether oxygens (including phenoxy) is 2. The Balaban J connectivity index is 1.78. The summed E-state index contributed by atoms with van der Waals surface area (Å²) >= 11 is 11.5. The molecule has 190 valence electrons. The number of allylic oxidation sites excluding steroid dienone is 1. The van der Waals surface area contributed by atoms with Crippen LogP contribution in [0.15, 0.2) is 63.4 Å². The molecule has 1 aliphatic heterocycles. The first-order valence-corrected chi connectivity index (χ1v) is 14.0. The van der Waals surface area contributed by atoms with E-state index in [0.717, 1.165) is 34.2 Å². The molecule has 0 radical (unpaired) electrons. The van der Waals surface area contributed by atoms with Crippen molar-refractivity contribution in [3.63, 3.8) is 0 Å². The maximum Gasteiger partial charge on any atom is 0.338 e. The molecular formula is C26H28BrClN4O3S. The molecule has 1 aliphatic rings. The number of carbonyl (C=O) groups is 1. The largest absolute Gasteiger partial charge is 0.488 e. The van der Waals surface area contributed by atoms with Crippen LogP contribution < -0.4 is 10.1 Å². The summed E-state index contributed by atoms with van der Waals surface area (Å²) in [6, 6.07) is 12.7. The third-order valence-electron chi connectivity index (χ3n) is 5.66. The molecule has 3 aromatic rings. The second-order valence-electron chi connectivity index (χ2n) is 8.21. The zero-order chi connectivity index (χ0) is 25.7. The molecule has 1 atom stereocenters. The minimum Gasteiger partial charge on any atom is -0.488 e. The number of fused-ring (bicyclic) bond motifs is 1. The standard InChI is InChI=1S/C26H28BrClN4O3S/c1-4-6-13-34-24(33)22-16(3)29-25-30-26(36-5-2)31-32(25)23(22)19-14-18(27)11-12-21(19)35-15-17-9-7-8-10-20(17)28/h7-12,14,23H,4-6,13,15H2,1-3H3,(H,29,30,31). The minimum atomic E-state index is -0.590. The summed E-state index contributed by atoms with van der Waals surface area (Å²) in [5, 5.41) is 9.25. The molecule has 2 aromatic carbocycles. The zero-order valence-electron chi connectivity index (χ0n) is 20.4. The van der Waals surface area contributed by atoms with E-state index in [4.69, 9.17) is 26.2 Å². The maximum atomic E-state index is 13.4. The van der Waals surface area contributed by atoms with Crippen LogP contribution in [0.25, 0.3) is 0 Å². The van der Waals surface area contributed by atoms with Gasteiger partial charge in [0, 0.05) is 26.3 Å². The lowest BCUT2D eigenvalue weighted by Crippen LogP contribution is -2.30. The van der Waals surface area contributed by atoms with Crippen molar-refractivity contribution in [3.8, 4) is 5.75 Å². The summed E-state index contributed by atoms with van der Waals surface area (Å²) in [4.78, 5) is 18.0. The van der Waals surface area contributed by atoms with Gasteiger partial charge in [0.15, 0.2) is 0 Å². The fourth-order valence-corrected chi connectivity index (χ4v) is 5.02. The van der Waals surface area contributed by atoms with Crippen molar-refractivity contribution in [1.82, 2.24) is 14.8 Å². The third-order valence-corrected chi connectivity index (χ3v) is 7.25. The van der Waals surface area contributed by atoms with E-state index in [2.05, 4.69) is 33.2 Å². The zero-order valence-corrected chi connectivity index (χ0v) is 23.5. The van der Waals surface area contributed by atoms with Gasteiger partial charge in [-0.25, -0.2) is 9.48 Å². The van der Waals surface area contributed by atoms with Crippen molar-refractivity contribution in [3.05, 3.63) is 74.4 Å². The van der Waals surface area contributed by atoms with E-state index < -0.39 is 6.04 Å². The molecule has 0 fully saturated rings. The van der Waals surface area contributed by atoms with Gasteiger partial charge in [-0.05, 0) is 43.4 Å². The molecule has 0 aliphatic carbocycles. The van der Waals surface area contributed by atoms with Crippen molar-refractivity contribution >= 4 is 51.2 Å². The molecule has 1 aromatic heterocycles. The fraction of sp³-hybridized carbons (Fsp3) is 0.346. The number of halogens is 2. The average molecular weight is 592 g/mol. The van der Waals surface area contributed by atoms with Crippen LogP contribution in [0.3, 0.4) is 0 Å². The van der Waals surface area contributed by atoms with Crippen molar-refractivity contribution in [2.45, 2.75) is 51.4 Å². The number of nitrogens with one attached hydrogen (secondary N) is 1. The molecule has 1 unspecified atom stereocenters. The summed E-state index contributed by atoms with van der Waals surface area (Å²) in [6.45, 7) is 6.59. The monoisotopic (exact) mass is 590 g/mol. The van der Waals surface area contributed by atoms with E-state index >= 15 is 0 Å². The lowest BCUT2D eigenvalue weighted by molar-refractivity contribution is -0.139. The maximum absolute atomic E-state index is 13.4. The molecule has 10 heteroatoms. The number of unbranched alkanes of at least 4 members (excludes halogenated alkanes) is 1. The Hall–Kier alpha value is -2.49. The van der Waals surface area contributed by atoms with Crippen LogP contribution in [0.5, 0.6) is 5.75 Å². The van der Waals surface area contributed by atoms with Crippen molar-refractivity contribution in [2.75, 3.05) is 17.7 Å². The summed E-state index contributed by atoms with van der Waals surface area (Å²) in [5.74, 6) is 1.62. The lowest BCUT2D eigenvalue weighted by Gasteiger charge is -2.29. The molecular weight excluding hydrogens is 564 g/mol. The van der Waals surface area contributed by atoms with Crippen LogP contribution >= 0.6 is 39.3 Å². The van der Waals surface area contributed by atoms with Gasteiger partial charge in [-0.2, -0.15) is 4.98 Å². The highest BCUT2D eigenvalue weighted by Crippen LogP contribution is 2.41. The van der Waals surface area contributed by atoms with Crippen LogP contribution in [0.2, 0.25) is 5.02 Å². The van der Waals surface area contributed by atoms with Gasteiger partial charge in [-0.1, -0.05) is 77.8 Å². The SMILES string of the molecule is CCCCOC(=O)C1=C(C)Nc2nc(SCC)nn2C1c1cc(Br)ccc1OCc1ccccc1Cl. The van der Waals surface area contributed by atoms with Crippen LogP contribution in [-0.2, 0) is 16.1 Å². The van der Waals surface area contributed by atoms with Crippen molar-refractivity contribution in [2.24, 2.45) is 0 Å². The molecule has 0 saturated heterocycles. The Morgan fingerprint density at radius 2 is 2.06 bits per heavy atom. The van der Waals surface area contributed by atoms with E-state index in [1.54, 1.807) is 4.68 Å². The van der Waals surface area contributed by atoms with Gasteiger partial charge in [0.1, 0.15) is 18.4 Å². The van der Waals surface area contributed by atoms with Crippen LogP contribution in [-0.4, -0.2) is 33.1 Å². The first-order chi connectivity index (χ1) is 17.4. The van der Waals surface area contributed by atoms with Gasteiger partial charge >= 0.3 is 5.97 Å². The van der Waals surface area contributed by atoms with Gasteiger partial charge < -0.3 is 14.8 Å². The fourth-order valence-electron chi connectivity index (χ4n) is 3.90. The Morgan fingerprint density at radius 3 is 2.81 bits per heavy atom. The highest BCUT2D eigenvalue weighted by Gasteiger charge is 2.37. The van der Waals surface area contributed by atoms with E-state index in [1.807, 2.05) is 56.3 Å². The van der Waals surface area contributed by atoms with Gasteiger partial charge in [0.05, 0.1) is 12.2 Å². The smallest absolute Gasteiger partial charge is 0.338 e. The summed E-state index contributed by atoms with van der Waals surface area (Å²) in [6.07, 6.45) is 1.73. The van der Waals surface area contributed by atoms with Crippen LogP contribution in [0.4, 0.5) is 5.95 Å². The van der Waals surface area contributed by atoms with Gasteiger partial charge in [-0.3, -0.25) is 0 Å². The summed E-state index contributed by atoms with van der Waals surface area (Å²) in [5.41, 5.74) is 2.77. The first kappa shape index (κ1) is 26.6. The minimum absolute atomic E-state index is 0.277. The number of hydrogen-bond donors (Lipinski definition) is 1. The van der Waals surface area contributed by atoms with Crippen LogP contribution in [0.1, 0.15) is 50.8 Å². The van der Waals surface area contributed by atoms with Crippen molar-refractivity contribution < 1.29 is 14.3 Å². The number of aromatic nitrogens is 3. The highest BCUT2D eigenvalue weighted by atomic mass is 79.9. The van der Waals surface area contributed by atoms with E-state index in [1.165, 1.54) is 11.8 Å². The Morgan fingerprint density at radius 1 is 1.25 bits per heavy atom. The second kappa shape index (κ2) is 12.2. The highest BCUT2D eigenvalue weighted by molar-refractivity contribution is 9.10. The topological polar surface area (TPSA) is 78.3 Å². The Kier molecular flexibility index (Phi) is 8.98. The number of nitrogens with zero attached hydrogens (tertiary/aromatic N) is 3. The van der Waals surface area contributed by atoms with Gasteiger partial charge in [0.25, 0.3) is 0 Å². The normalized spacial score (nSPS) is 14.9. The lowest BCUT2D eigenvalue weighted by atomic mass is 9.95. The summed E-state index contributed by atoms with van der Waals surface area (Å²) < 4.78 is 14.5. The van der Waals surface area contributed by atoms with Crippen molar-refractivity contribution in [1.29, 1.82) is 0 Å². The van der Waals surface area contributed by atoms with E-state index in [9.17, 15) is 4.79 Å². The number of hydrogen-bond acceptors (Lipinski definition) is 7. The number of anilines is 1. The van der Waals surface area contributed by atoms with Gasteiger partial charge in [-0.15, -0.1) is 5.10 Å². The molecule has 4 rings (SSSR count). The Bertz CT molecular complexity index is 1280. The molecule has 7 nitrogen and oxygen atoms in total. The summed E-state index contributed by atoms with van der Waals surface area (Å²) in [7, 11) is 0. The van der Waals surface area contributed by atoms with Gasteiger partial charge in [0.2, 0.25) is 11.1 Å².